The van der Waals surface area contributed by atoms with Gasteiger partial charge >= 0.3 is 0 Å². The minimum Gasteiger partial charge on any atom is -0.310 e. The van der Waals surface area contributed by atoms with Crippen molar-refractivity contribution in [2.24, 2.45) is 7.05 Å². The molecule has 3 rings (SSSR count). The lowest BCUT2D eigenvalue weighted by molar-refractivity contribution is -0.113. The Morgan fingerprint density at radius 2 is 2.39 bits per heavy atom. The highest BCUT2D eigenvalue weighted by Gasteiger charge is 2.29. The second-order valence-corrected chi connectivity index (χ2v) is 6.14. The van der Waals surface area contributed by atoms with Crippen molar-refractivity contribution in [3.05, 3.63) is 33.6 Å². The number of anilines is 1. The van der Waals surface area contributed by atoms with Gasteiger partial charge in [0.05, 0.1) is 16.7 Å². The topological polar surface area (TPSA) is 46.9 Å². The summed E-state index contributed by atoms with van der Waals surface area (Å²) in [5.74, 6) is 1.36. The van der Waals surface area contributed by atoms with E-state index in [0.717, 1.165) is 17.1 Å². The van der Waals surface area contributed by atoms with Crippen LogP contribution < -0.4 is 5.32 Å². The highest BCUT2D eigenvalue weighted by Crippen LogP contribution is 2.43. The molecule has 1 aliphatic rings. The summed E-state index contributed by atoms with van der Waals surface area (Å²) in [6, 6.07) is 2.12. The first-order valence-electron chi connectivity index (χ1n) is 5.64. The van der Waals surface area contributed by atoms with E-state index in [1.165, 1.54) is 5.56 Å². The quantitative estimate of drug-likeness (QED) is 0.872. The number of thioether (sulfide) groups is 1. The Morgan fingerprint density at radius 1 is 1.56 bits per heavy atom. The zero-order valence-electron chi connectivity index (χ0n) is 10.1. The van der Waals surface area contributed by atoms with Crippen LogP contribution in [0.4, 0.5) is 5.82 Å². The number of aryl methyl sites for hydroxylation is 2. The highest BCUT2D eigenvalue weighted by molar-refractivity contribution is 8.00. The van der Waals surface area contributed by atoms with Gasteiger partial charge in [-0.05, 0) is 29.3 Å². The zero-order chi connectivity index (χ0) is 12.7. The van der Waals surface area contributed by atoms with Crippen LogP contribution in [0.3, 0.4) is 0 Å². The molecule has 1 atom stereocenters. The van der Waals surface area contributed by atoms with Gasteiger partial charge in [-0.15, -0.1) is 11.8 Å². The molecule has 0 aromatic carbocycles. The molecule has 1 amide bonds. The molecule has 1 unspecified atom stereocenters. The molecule has 0 spiro atoms. The van der Waals surface area contributed by atoms with E-state index in [4.69, 9.17) is 0 Å². The lowest BCUT2D eigenvalue weighted by atomic mass is 10.1. The fourth-order valence-corrected chi connectivity index (χ4v) is 4.18. The monoisotopic (exact) mass is 279 g/mol. The average Bonchev–Trinajstić information content (AvgIpc) is 2.88. The average molecular weight is 279 g/mol. The Labute approximate surface area is 113 Å². The largest absolute Gasteiger partial charge is 0.310 e. The van der Waals surface area contributed by atoms with Crippen molar-refractivity contribution in [2.75, 3.05) is 11.1 Å². The maximum atomic E-state index is 11.8. The zero-order valence-corrected chi connectivity index (χ0v) is 11.8. The third-order valence-corrected chi connectivity index (χ3v) is 4.99. The smallest absolute Gasteiger partial charge is 0.235 e. The van der Waals surface area contributed by atoms with Gasteiger partial charge in [-0.1, -0.05) is 0 Å². The van der Waals surface area contributed by atoms with Gasteiger partial charge in [0.2, 0.25) is 5.91 Å². The van der Waals surface area contributed by atoms with Crippen molar-refractivity contribution < 1.29 is 4.79 Å². The molecule has 6 heteroatoms. The van der Waals surface area contributed by atoms with Crippen LogP contribution >= 0.6 is 23.1 Å². The summed E-state index contributed by atoms with van der Waals surface area (Å²) in [5, 5.41) is 11.8. The van der Waals surface area contributed by atoms with E-state index in [1.54, 1.807) is 27.8 Å². The number of carbonyl (C=O) groups is 1. The summed E-state index contributed by atoms with van der Waals surface area (Å²) < 4.78 is 1.76. The summed E-state index contributed by atoms with van der Waals surface area (Å²) in [4.78, 5) is 11.8. The van der Waals surface area contributed by atoms with Crippen LogP contribution in [0.1, 0.15) is 22.1 Å². The Balaban J connectivity index is 2.15. The van der Waals surface area contributed by atoms with Crippen LogP contribution in [0, 0.1) is 6.92 Å². The molecular formula is C12H13N3OS2. The standard InChI is InChI=1S/C12H13N3OS2/c1-7-10-11(8-3-4-17-5-8)18-6-9(16)13-12(10)15(2)14-7/h3-5,11H,6H2,1-2H3,(H,13,16). The highest BCUT2D eigenvalue weighted by atomic mass is 32.2. The number of carbonyl (C=O) groups excluding carboxylic acids is 1. The van der Waals surface area contributed by atoms with Crippen LogP contribution in [-0.2, 0) is 11.8 Å². The number of hydrogen-bond acceptors (Lipinski definition) is 4. The molecule has 0 fully saturated rings. The molecule has 0 saturated heterocycles. The number of aromatic nitrogens is 2. The summed E-state index contributed by atoms with van der Waals surface area (Å²) in [5.41, 5.74) is 3.36. The van der Waals surface area contributed by atoms with E-state index in [9.17, 15) is 4.79 Å². The molecule has 2 aromatic heterocycles. The number of amides is 1. The molecular weight excluding hydrogens is 266 g/mol. The lowest BCUT2D eigenvalue weighted by Gasteiger charge is -2.12. The number of rotatable bonds is 1. The first-order valence-corrected chi connectivity index (χ1v) is 7.63. The van der Waals surface area contributed by atoms with Gasteiger partial charge in [0.25, 0.3) is 0 Å². The Hall–Kier alpha value is -1.27. The van der Waals surface area contributed by atoms with Crippen molar-refractivity contribution in [3.63, 3.8) is 0 Å². The van der Waals surface area contributed by atoms with Crippen LogP contribution in [0.25, 0.3) is 0 Å². The lowest BCUT2D eigenvalue weighted by Crippen LogP contribution is -2.15. The van der Waals surface area contributed by atoms with Gasteiger partial charge in [-0.25, -0.2) is 0 Å². The molecule has 2 aromatic rings. The predicted octanol–water partition coefficient (Wildman–Crippen LogP) is 2.56. The van der Waals surface area contributed by atoms with Crippen LogP contribution in [0.5, 0.6) is 0 Å². The molecule has 0 radical (unpaired) electrons. The Kier molecular flexibility index (Phi) is 2.91. The first kappa shape index (κ1) is 11.8. The molecule has 94 valence electrons. The summed E-state index contributed by atoms with van der Waals surface area (Å²) >= 11 is 3.34. The summed E-state index contributed by atoms with van der Waals surface area (Å²) in [7, 11) is 1.87. The van der Waals surface area contributed by atoms with E-state index in [1.807, 2.05) is 14.0 Å². The molecule has 0 saturated carbocycles. The normalized spacial score (nSPS) is 19.2. The maximum Gasteiger partial charge on any atom is 0.235 e. The van der Waals surface area contributed by atoms with Gasteiger partial charge in [0, 0.05) is 12.6 Å². The maximum absolute atomic E-state index is 11.8. The van der Waals surface area contributed by atoms with E-state index in [-0.39, 0.29) is 11.2 Å². The van der Waals surface area contributed by atoms with Crippen LogP contribution in [0.15, 0.2) is 16.8 Å². The van der Waals surface area contributed by atoms with Gasteiger partial charge < -0.3 is 5.32 Å². The van der Waals surface area contributed by atoms with Gasteiger partial charge in [0.15, 0.2) is 0 Å². The SMILES string of the molecule is Cc1nn(C)c2c1C(c1ccsc1)SCC(=O)N2. The van der Waals surface area contributed by atoms with Crippen molar-refractivity contribution in [3.8, 4) is 0 Å². The minimum atomic E-state index is 0.0435. The van der Waals surface area contributed by atoms with Crippen molar-refractivity contribution in [2.45, 2.75) is 12.2 Å². The number of hydrogen-bond donors (Lipinski definition) is 1. The van der Waals surface area contributed by atoms with Crippen LogP contribution in [0.2, 0.25) is 0 Å². The summed E-state index contributed by atoms with van der Waals surface area (Å²) in [6.07, 6.45) is 0. The van der Waals surface area contributed by atoms with E-state index in [0.29, 0.717) is 5.75 Å². The fraction of sp³-hybridized carbons (Fsp3) is 0.333. The molecule has 0 bridgehead atoms. The molecule has 18 heavy (non-hydrogen) atoms. The third-order valence-electron chi connectivity index (χ3n) is 3.02. The van der Waals surface area contributed by atoms with Crippen LogP contribution in [-0.4, -0.2) is 21.4 Å². The fourth-order valence-electron chi connectivity index (χ4n) is 2.23. The number of nitrogens with one attached hydrogen (secondary N) is 1. The number of nitrogens with zero attached hydrogens (tertiary/aromatic N) is 2. The third kappa shape index (κ3) is 1.85. The molecule has 1 aliphatic heterocycles. The van der Waals surface area contributed by atoms with Gasteiger partial charge in [-0.3, -0.25) is 9.48 Å². The summed E-state index contributed by atoms with van der Waals surface area (Å²) in [6.45, 7) is 2.00. The van der Waals surface area contributed by atoms with E-state index in [2.05, 4.69) is 27.2 Å². The van der Waals surface area contributed by atoms with Gasteiger partial charge in [0.1, 0.15) is 5.82 Å². The van der Waals surface area contributed by atoms with Crippen molar-refractivity contribution >= 4 is 34.8 Å². The first-order chi connectivity index (χ1) is 8.66. The minimum absolute atomic E-state index is 0.0435. The van der Waals surface area contributed by atoms with Gasteiger partial charge in [-0.2, -0.15) is 16.4 Å². The molecule has 1 N–H and O–H groups in total. The molecule has 3 heterocycles. The van der Waals surface area contributed by atoms with Crippen molar-refractivity contribution in [1.29, 1.82) is 0 Å². The van der Waals surface area contributed by atoms with E-state index < -0.39 is 0 Å². The predicted molar refractivity (Wildman–Crippen MR) is 75.2 cm³/mol. The molecule has 4 nitrogen and oxygen atoms in total. The Bertz CT molecular complexity index is 589. The second kappa shape index (κ2) is 4.44. The number of fused-ring (bicyclic) bond motifs is 1. The molecule has 0 aliphatic carbocycles. The Morgan fingerprint density at radius 3 is 3.11 bits per heavy atom. The van der Waals surface area contributed by atoms with Crippen molar-refractivity contribution in [1.82, 2.24) is 9.78 Å². The number of thiophene rings is 1. The van der Waals surface area contributed by atoms with E-state index >= 15 is 0 Å². The second-order valence-electron chi connectivity index (χ2n) is 4.27.